The number of rotatable bonds is 2. The molecule has 3 heterocycles. The van der Waals surface area contributed by atoms with Crippen LogP contribution in [0, 0.1) is 23.7 Å². The van der Waals surface area contributed by atoms with E-state index in [0.29, 0.717) is 22.0 Å². The molecule has 4 rings (SSSR count). The highest BCUT2D eigenvalue weighted by Gasteiger charge is 2.43. The molecule has 0 spiro atoms. The molecule has 10 unspecified atom stereocenters. The number of nitrogens with one attached hydrogen (secondary N) is 1. The highest BCUT2D eigenvalue weighted by Crippen LogP contribution is 2.24. The lowest BCUT2D eigenvalue weighted by Crippen LogP contribution is -2.58. The van der Waals surface area contributed by atoms with Crippen molar-refractivity contribution in [2.24, 2.45) is 0 Å². The number of hydrogen-bond acceptors (Lipinski definition) is 11. The van der Waals surface area contributed by atoms with Crippen LogP contribution in [-0.2, 0) is 9.47 Å². The standard InChI is InChI=1S/C23H26N2O10/c26-8-15-20(30)22(32)18(28)13(34-15)5-3-10-1-2-11(17-12(10)7-24-25-17)4-6-14-19(29)23(33)21(31)16(9-27)35-14/h1-2,7,13-16,18-23,26-33H,8-9H2,(H,24,25). The Morgan fingerprint density at radius 2 is 1.20 bits per heavy atom. The molecule has 1 aromatic carbocycles. The van der Waals surface area contributed by atoms with Crippen molar-refractivity contribution < 1.29 is 50.3 Å². The summed E-state index contributed by atoms with van der Waals surface area (Å²) in [4.78, 5) is 0. The zero-order valence-corrected chi connectivity index (χ0v) is 18.3. The summed E-state index contributed by atoms with van der Waals surface area (Å²) in [6.45, 7) is -1.12. The van der Waals surface area contributed by atoms with Gasteiger partial charge in [0.1, 0.15) is 61.0 Å². The zero-order chi connectivity index (χ0) is 25.3. The lowest BCUT2D eigenvalue weighted by Gasteiger charge is -2.37. The Labute approximate surface area is 199 Å². The number of aliphatic hydroxyl groups is 8. The van der Waals surface area contributed by atoms with E-state index in [0.717, 1.165) is 0 Å². The van der Waals surface area contributed by atoms with Crippen LogP contribution in [0.15, 0.2) is 18.3 Å². The van der Waals surface area contributed by atoms with E-state index in [-0.39, 0.29) is 0 Å². The van der Waals surface area contributed by atoms with Gasteiger partial charge >= 0.3 is 0 Å². The molecule has 12 heteroatoms. The van der Waals surface area contributed by atoms with E-state index in [1.54, 1.807) is 12.1 Å². The van der Waals surface area contributed by atoms with Crippen molar-refractivity contribution in [3.05, 3.63) is 29.5 Å². The van der Waals surface area contributed by atoms with Crippen LogP contribution in [-0.4, -0.2) is 125 Å². The van der Waals surface area contributed by atoms with E-state index in [4.69, 9.17) is 9.47 Å². The average Bonchev–Trinajstić information content (AvgIpc) is 3.36. The van der Waals surface area contributed by atoms with Crippen molar-refractivity contribution in [1.82, 2.24) is 10.2 Å². The second-order valence-corrected chi connectivity index (χ2v) is 8.36. The van der Waals surface area contributed by atoms with Gasteiger partial charge in [-0.1, -0.05) is 23.7 Å². The number of ether oxygens (including phenoxy) is 2. The van der Waals surface area contributed by atoms with Gasteiger partial charge in [-0.25, -0.2) is 0 Å². The van der Waals surface area contributed by atoms with Crippen molar-refractivity contribution in [1.29, 1.82) is 0 Å². The van der Waals surface area contributed by atoms with Gasteiger partial charge in [-0.05, 0) is 12.1 Å². The highest BCUT2D eigenvalue weighted by molar-refractivity contribution is 5.89. The maximum atomic E-state index is 10.2. The summed E-state index contributed by atoms with van der Waals surface area (Å²) in [5, 5.41) is 86.0. The molecule has 2 aliphatic rings. The molecule has 2 saturated heterocycles. The first kappa shape index (κ1) is 25.5. The maximum absolute atomic E-state index is 10.2. The van der Waals surface area contributed by atoms with Crippen LogP contribution in [0.3, 0.4) is 0 Å². The largest absolute Gasteiger partial charge is 0.394 e. The molecule has 2 aromatic rings. The van der Waals surface area contributed by atoms with Crippen molar-refractivity contribution in [3.8, 4) is 23.7 Å². The lowest BCUT2D eigenvalue weighted by molar-refractivity contribution is -0.214. The van der Waals surface area contributed by atoms with Gasteiger partial charge in [0.05, 0.1) is 30.5 Å². The number of aromatic nitrogens is 2. The van der Waals surface area contributed by atoms with Gasteiger partial charge in [0, 0.05) is 10.9 Å². The van der Waals surface area contributed by atoms with E-state index < -0.39 is 74.3 Å². The summed E-state index contributed by atoms with van der Waals surface area (Å²) in [6.07, 6.45) is -11.9. The van der Waals surface area contributed by atoms with Crippen molar-refractivity contribution >= 4 is 10.9 Å². The summed E-state index contributed by atoms with van der Waals surface area (Å²) in [5.74, 6) is 11.1. The fourth-order valence-electron chi connectivity index (χ4n) is 3.99. The van der Waals surface area contributed by atoms with Crippen LogP contribution in [0.4, 0.5) is 0 Å². The molecule has 1 aromatic heterocycles. The molecule has 0 saturated carbocycles. The first-order valence-corrected chi connectivity index (χ1v) is 10.9. The van der Waals surface area contributed by atoms with Crippen LogP contribution in [0.5, 0.6) is 0 Å². The van der Waals surface area contributed by atoms with E-state index in [1.165, 1.54) is 6.20 Å². The van der Waals surface area contributed by atoms with Crippen LogP contribution in [0.1, 0.15) is 11.1 Å². The van der Waals surface area contributed by atoms with E-state index >= 15 is 0 Å². The molecule has 0 amide bonds. The Kier molecular flexibility index (Phi) is 7.70. The van der Waals surface area contributed by atoms with Gasteiger partial charge in [-0.15, -0.1) is 0 Å². The van der Waals surface area contributed by atoms with Crippen LogP contribution in [0.25, 0.3) is 10.9 Å². The minimum absolute atomic E-state index is 0.466. The quantitative estimate of drug-likeness (QED) is 0.185. The van der Waals surface area contributed by atoms with Crippen LogP contribution < -0.4 is 0 Å². The molecule has 10 atom stereocenters. The number of benzene rings is 1. The Morgan fingerprint density at radius 1 is 0.714 bits per heavy atom. The summed E-state index contributed by atoms with van der Waals surface area (Å²) < 4.78 is 10.8. The van der Waals surface area contributed by atoms with E-state index in [2.05, 4.69) is 33.9 Å². The second kappa shape index (κ2) is 10.6. The number of aromatic amines is 1. The molecule has 35 heavy (non-hydrogen) atoms. The summed E-state index contributed by atoms with van der Waals surface area (Å²) >= 11 is 0. The Hall–Kier alpha value is -2.59. The van der Waals surface area contributed by atoms with Crippen LogP contribution >= 0.6 is 0 Å². The van der Waals surface area contributed by atoms with Gasteiger partial charge in [0.2, 0.25) is 0 Å². The number of fused-ring (bicyclic) bond motifs is 1. The van der Waals surface area contributed by atoms with Crippen molar-refractivity contribution in [2.75, 3.05) is 13.2 Å². The smallest absolute Gasteiger partial charge is 0.147 e. The molecule has 188 valence electrons. The summed E-state index contributed by atoms with van der Waals surface area (Å²) in [6, 6.07) is 3.25. The molecule has 2 fully saturated rings. The van der Waals surface area contributed by atoms with Gasteiger partial charge in [0.15, 0.2) is 0 Å². The summed E-state index contributed by atoms with van der Waals surface area (Å²) in [5.41, 5.74) is 1.46. The normalized spacial score (nSPS) is 37.3. The molecule has 2 aliphatic heterocycles. The number of H-pyrrole nitrogens is 1. The van der Waals surface area contributed by atoms with Gasteiger partial charge < -0.3 is 50.3 Å². The molecular weight excluding hydrogens is 464 g/mol. The molecule has 9 N–H and O–H groups in total. The maximum Gasteiger partial charge on any atom is 0.147 e. The van der Waals surface area contributed by atoms with E-state index in [9.17, 15) is 40.9 Å². The predicted octanol–water partition coefficient (Wildman–Crippen LogP) is -4.05. The molecule has 0 radical (unpaired) electrons. The van der Waals surface area contributed by atoms with Crippen LogP contribution in [0.2, 0.25) is 0 Å². The third-order valence-corrected chi connectivity index (χ3v) is 6.10. The SMILES string of the molecule is OCC1OC(C#Cc2ccc(C#CC3OC(CO)C(O)C(O)C3O)c3[nH]ncc23)C(O)C(O)C1O. The Balaban J connectivity index is 1.59. The second-order valence-electron chi connectivity index (χ2n) is 8.36. The monoisotopic (exact) mass is 490 g/mol. The first-order chi connectivity index (χ1) is 16.8. The van der Waals surface area contributed by atoms with Crippen molar-refractivity contribution in [3.63, 3.8) is 0 Å². The highest BCUT2D eigenvalue weighted by atomic mass is 16.5. The molecule has 12 nitrogen and oxygen atoms in total. The zero-order valence-electron chi connectivity index (χ0n) is 18.3. The third-order valence-electron chi connectivity index (χ3n) is 6.10. The topological polar surface area (TPSA) is 209 Å². The fourth-order valence-corrected chi connectivity index (χ4v) is 3.99. The minimum Gasteiger partial charge on any atom is -0.394 e. The van der Waals surface area contributed by atoms with Gasteiger partial charge in [-0.2, -0.15) is 5.10 Å². The number of nitrogens with zero attached hydrogens (tertiary/aromatic N) is 1. The summed E-state index contributed by atoms with van der Waals surface area (Å²) in [7, 11) is 0. The Morgan fingerprint density at radius 3 is 1.71 bits per heavy atom. The minimum atomic E-state index is -1.53. The molecule has 0 aliphatic carbocycles. The first-order valence-electron chi connectivity index (χ1n) is 10.9. The Bertz CT molecular complexity index is 1070. The third kappa shape index (κ3) is 4.91. The lowest BCUT2D eigenvalue weighted by atomic mass is 9.95. The average molecular weight is 490 g/mol. The van der Waals surface area contributed by atoms with Gasteiger partial charge in [-0.3, -0.25) is 5.10 Å². The van der Waals surface area contributed by atoms with E-state index in [1.807, 2.05) is 0 Å². The number of aliphatic hydroxyl groups excluding tert-OH is 8. The fraction of sp³-hybridized carbons (Fsp3) is 0.522. The van der Waals surface area contributed by atoms with Gasteiger partial charge in [0.25, 0.3) is 0 Å². The predicted molar refractivity (Wildman–Crippen MR) is 117 cm³/mol. The van der Waals surface area contributed by atoms with Crippen molar-refractivity contribution in [2.45, 2.75) is 61.0 Å². The molecule has 0 bridgehead atoms. The molecular formula is C23H26N2O10. The number of hydrogen-bond donors (Lipinski definition) is 9.